The van der Waals surface area contributed by atoms with Gasteiger partial charge in [0.2, 0.25) is 5.91 Å². The molecule has 1 aromatic rings. The Labute approximate surface area is 150 Å². The molecule has 1 amide bonds. The van der Waals surface area contributed by atoms with E-state index < -0.39 is 0 Å². The van der Waals surface area contributed by atoms with Crippen LogP contribution in [0.2, 0.25) is 0 Å². The summed E-state index contributed by atoms with van der Waals surface area (Å²) >= 11 is 1.62. The maximum absolute atomic E-state index is 12.3. The van der Waals surface area contributed by atoms with Crippen molar-refractivity contribution in [3.8, 4) is 0 Å². The highest BCUT2D eigenvalue weighted by atomic mass is 32.2. The Kier molecular flexibility index (Phi) is 6.58. The maximum Gasteiger partial charge on any atom is 0.230 e. The Morgan fingerprint density at radius 3 is 2.67 bits per heavy atom. The highest BCUT2D eigenvalue weighted by Gasteiger charge is 2.28. The van der Waals surface area contributed by atoms with Crippen molar-refractivity contribution in [3.63, 3.8) is 0 Å². The number of hydrogen-bond acceptors (Lipinski definition) is 4. The quantitative estimate of drug-likeness (QED) is 0.830. The lowest BCUT2D eigenvalue weighted by Crippen LogP contribution is -2.53. The molecule has 0 unspecified atom stereocenters. The van der Waals surface area contributed by atoms with E-state index in [1.807, 2.05) is 18.2 Å². The fraction of sp³-hybridized carbons (Fsp3) is 0.632. The first kappa shape index (κ1) is 17.8. The third-order valence-electron chi connectivity index (χ3n) is 5.14. The number of likely N-dealkylation sites (tertiary alicyclic amines) is 2. The summed E-state index contributed by atoms with van der Waals surface area (Å²) in [5.74, 6) is 0.674. The van der Waals surface area contributed by atoms with E-state index in [2.05, 4.69) is 34.3 Å². The van der Waals surface area contributed by atoms with E-state index in [9.17, 15) is 4.79 Å². The van der Waals surface area contributed by atoms with Gasteiger partial charge in [0.05, 0.1) is 5.75 Å². The van der Waals surface area contributed by atoms with E-state index in [1.54, 1.807) is 11.8 Å². The minimum absolute atomic E-state index is 0.166. The van der Waals surface area contributed by atoms with Crippen molar-refractivity contribution in [3.05, 3.63) is 30.3 Å². The van der Waals surface area contributed by atoms with Crippen molar-refractivity contribution in [2.75, 3.05) is 39.0 Å². The summed E-state index contributed by atoms with van der Waals surface area (Å²) in [5.41, 5.74) is 0. The van der Waals surface area contributed by atoms with Gasteiger partial charge in [0, 0.05) is 23.5 Å². The van der Waals surface area contributed by atoms with Crippen LogP contribution in [0.4, 0.5) is 0 Å². The highest BCUT2D eigenvalue weighted by Crippen LogP contribution is 2.21. The number of benzene rings is 1. The average molecular weight is 348 g/mol. The number of carbonyl (C=O) groups is 1. The van der Waals surface area contributed by atoms with E-state index in [0.717, 1.165) is 17.9 Å². The molecule has 2 saturated heterocycles. The molecule has 0 aromatic heterocycles. The van der Waals surface area contributed by atoms with E-state index in [4.69, 9.17) is 0 Å². The Balaban J connectivity index is 1.42. The lowest BCUT2D eigenvalue weighted by atomic mass is 9.98. The first-order valence-corrected chi connectivity index (χ1v) is 10.1. The molecule has 0 saturated carbocycles. The van der Waals surface area contributed by atoms with Crippen LogP contribution in [-0.4, -0.2) is 66.8 Å². The highest BCUT2D eigenvalue weighted by molar-refractivity contribution is 8.00. The number of piperidine rings is 2. The molecule has 5 heteroatoms. The fourth-order valence-corrected chi connectivity index (χ4v) is 4.48. The van der Waals surface area contributed by atoms with Gasteiger partial charge in [0.25, 0.3) is 0 Å². The van der Waals surface area contributed by atoms with Crippen LogP contribution in [0.15, 0.2) is 35.2 Å². The molecule has 132 valence electrons. The van der Waals surface area contributed by atoms with Gasteiger partial charge in [-0.3, -0.25) is 9.69 Å². The third kappa shape index (κ3) is 5.23. The summed E-state index contributed by atoms with van der Waals surface area (Å²) in [6, 6.07) is 11.2. The summed E-state index contributed by atoms with van der Waals surface area (Å²) in [4.78, 5) is 18.4. The van der Waals surface area contributed by atoms with E-state index >= 15 is 0 Å². The van der Waals surface area contributed by atoms with Gasteiger partial charge in [-0.25, -0.2) is 0 Å². The molecule has 1 aromatic carbocycles. The molecular weight excluding hydrogens is 318 g/mol. The second-order valence-corrected chi connectivity index (χ2v) is 8.09. The zero-order chi connectivity index (χ0) is 16.8. The number of nitrogens with one attached hydrogen (secondary N) is 1. The summed E-state index contributed by atoms with van der Waals surface area (Å²) in [6.45, 7) is 4.62. The zero-order valence-corrected chi connectivity index (χ0v) is 15.4. The summed E-state index contributed by atoms with van der Waals surface area (Å²) in [5, 5.41) is 3.26. The Morgan fingerprint density at radius 2 is 1.92 bits per heavy atom. The molecule has 1 N–H and O–H groups in total. The number of thioether (sulfide) groups is 1. The third-order valence-corrected chi connectivity index (χ3v) is 6.15. The first-order chi connectivity index (χ1) is 11.7. The molecule has 2 aliphatic heterocycles. The molecule has 24 heavy (non-hydrogen) atoms. The second-order valence-electron chi connectivity index (χ2n) is 7.04. The molecular formula is C19H29N3OS. The Hall–Kier alpha value is -1.04. The number of amides is 1. The van der Waals surface area contributed by atoms with Gasteiger partial charge in [-0.1, -0.05) is 18.2 Å². The van der Waals surface area contributed by atoms with Crippen LogP contribution >= 0.6 is 11.8 Å². The predicted octanol–water partition coefficient (Wildman–Crippen LogP) is 2.45. The summed E-state index contributed by atoms with van der Waals surface area (Å²) in [7, 11) is 2.21. The van der Waals surface area contributed by atoms with E-state index in [0.29, 0.717) is 17.8 Å². The lowest BCUT2D eigenvalue weighted by molar-refractivity contribution is -0.119. The van der Waals surface area contributed by atoms with Crippen LogP contribution in [0.5, 0.6) is 0 Å². The number of carbonyl (C=O) groups excluding carboxylic acids is 1. The Bertz CT molecular complexity index is 517. The normalized spacial score (nSPS) is 24.0. The minimum atomic E-state index is 0.166. The maximum atomic E-state index is 12.3. The van der Waals surface area contributed by atoms with Crippen molar-refractivity contribution in [2.45, 2.75) is 42.7 Å². The molecule has 0 aliphatic carbocycles. The molecule has 2 heterocycles. The molecule has 3 rings (SSSR count). The van der Waals surface area contributed by atoms with Crippen LogP contribution < -0.4 is 5.32 Å². The zero-order valence-electron chi connectivity index (χ0n) is 14.6. The lowest BCUT2D eigenvalue weighted by Gasteiger charge is -2.41. The molecule has 0 bridgehead atoms. The minimum Gasteiger partial charge on any atom is -0.351 e. The second kappa shape index (κ2) is 8.88. The largest absolute Gasteiger partial charge is 0.351 e. The van der Waals surface area contributed by atoms with Gasteiger partial charge in [0.15, 0.2) is 0 Å². The fourth-order valence-electron chi connectivity index (χ4n) is 3.75. The van der Waals surface area contributed by atoms with Crippen LogP contribution in [0.25, 0.3) is 0 Å². The van der Waals surface area contributed by atoms with Gasteiger partial charge in [-0.05, 0) is 64.5 Å². The van der Waals surface area contributed by atoms with E-state index in [-0.39, 0.29) is 5.91 Å². The molecule has 2 fully saturated rings. The molecule has 1 atom stereocenters. The van der Waals surface area contributed by atoms with Crippen LogP contribution in [0.3, 0.4) is 0 Å². The predicted molar refractivity (Wildman–Crippen MR) is 100 cm³/mol. The monoisotopic (exact) mass is 347 g/mol. The first-order valence-electron chi connectivity index (χ1n) is 9.10. The number of hydrogen-bond donors (Lipinski definition) is 1. The van der Waals surface area contributed by atoms with Gasteiger partial charge >= 0.3 is 0 Å². The molecule has 0 spiro atoms. The number of rotatable bonds is 5. The van der Waals surface area contributed by atoms with Crippen LogP contribution in [0.1, 0.15) is 25.7 Å². The number of nitrogens with zero attached hydrogens (tertiary/aromatic N) is 2. The van der Waals surface area contributed by atoms with Crippen molar-refractivity contribution in [1.82, 2.24) is 15.1 Å². The Morgan fingerprint density at radius 1 is 1.17 bits per heavy atom. The van der Waals surface area contributed by atoms with Gasteiger partial charge in [0.1, 0.15) is 0 Å². The standard InChI is InChI=1S/C19H29N3OS/c1-21-12-9-17(10-13-21)22-11-5-6-16(14-22)20-19(23)15-24-18-7-3-2-4-8-18/h2-4,7-8,16-17H,5-6,9-15H2,1H3,(H,20,23)/t16-/m1/s1. The van der Waals surface area contributed by atoms with Crippen LogP contribution in [0, 0.1) is 0 Å². The van der Waals surface area contributed by atoms with Gasteiger partial charge < -0.3 is 10.2 Å². The van der Waals surface area contributed by atoms with Crippen LogP contribution in [-0.2, 0) is 4.79 Å². The van der Waals surface area contributed by atoms with E-state index in [1.165, 1.54) is 38.9 Å². The van der Waals surface area contributed by atoms with Crippen molar-refractivity contribution in [1.29, 1.82) is 0 Å². The van der Waals surface area contributed by atoms with Crippen molar-refractivity contribution < 1.29 is 4.79 Å². The average Bonchev–Trinajstić information content (AvgIpc) is 2.62. The molecule has 4 nitrogen and oxygen atoms in total. The smallest absolute Gasteiger partial charge is 0.230 e. The van der Waals surface area contributed by atoms with Gasteiger partial charge in [-0.2, -0.15) is 0 Å². The summed E-state index contributed by atoms with van der Waals surface area (Å²) in [6.07, 6.45) is 4.84. The SMILES string of the molecule is CN1CCC(N2CCC[C@@H](NC(=O)CSc3ccccc3)C2)CC1. The van der Waals surface area contributed by atoms with Gasteiger partial charge in [-0.15, -0.1) is 11.8 Å². The molecule has 2 aliphatic rings. The van der Waals surface area contributed by atoms with Crippen molar-refractivity contribution >= 4 is 17.7 Å². The van der Waals surface area contributed by atoms with Crippen molar-refractivity contribution in [2.24, 2.45) is 0 Å². The molecule has 0 radical (unpaired) electrons. The summed E-state index contributed by atoms with van der Waals surface area (Å²) < 4.78 is 0. The topological polar surface area (TPSA) is 35.6 Å².